The standard InChI is InChI=1S/C35H39N5O5/c1-20(2)34(37-31(41)23-16-25-24-11-7-12-26-30(24)22(18-36-26)17-27(25)38(3)19-23)33(43)40-28(15-21-9-5-4-6-10-21)32(42)39-14-8-13-29(39)35(40,44)45-34/h4-7,9-12,16,18,20,23,27-29,36,44H,8,13-15,17,19H2,1-3H3,(H,37,41)/t23-,27+,28+,29-,34-,35+/m1/s1. The minimum Gasteiger partial charge on any atom is -0.361 e. The maximum absolute atomic E-state index is 14.6. The second-order valence-corrected chi connectivity index (χ2v) is 13.6. The number of aromatic nitrogens is 1. The Kier molecular flexibility index (Phi) is 6.33. The molecule has 0 spiro atoms. The van der Waals surface area contributed by atoms with Crippen molar-refractivity contribution < 1.29 is 24.2 Å². The number of piperazine rings is 1. The van der Waals surface area contributed by atoms with Gasteiger partial charge in [0.2, 0.25) is 17.5 Å². The number of hydrogen-bond donors (Lipinski definition) is 3. The first-order chi connectivity index (χ1) is 21.6. The predicted molar refractivity (Wildman–Crippen MR) is 167 cm³/mol. The van der Waals surface area contributed by atoms with Crippen LogP contribution >= 0.6 is 0 Å². The molecule has 0 bridgehead atoms. The maximum atomic E-state index is 14.6. The molecule has 5 heterocycles. The van der Waals surface area contributed by atoms with E-state index in [1.165, 1.54) is 15.8 Å². The maximum Gasteiger partial charge on any atom is 0.281 e. The minimum absolute atomic E-state index is 0.138. The fourth-order valence-electron chi connectivity index (χ4n) is 8.47. The molecule has 6 atom stereocenters. The summed E-state index contributed by atoms with van der Waals surface area (Å²) in [6, 6.07) is 14.2. The van der Waals surface area contributed by atoms with Gasteiger partial charge in [-0.3, -0.25) is 28.9 Å². The van der Waals surface area contributed by atoms with Gasteiger partial charge in [0.15, 0.2) is 0 Å². The fourth-order valence-corrected chi connectivity index (χ4v) is 8.47. The molecule has 10 heteroatoms. The van der Waals surface area contributed by atoms with Crippen LogP contribution in [0.1, 0.15) is 43.4 Å². The van der Waals surface area contributed by atoms with Gasteiger partial charge in [-0.2, -0.15) is 0 Å². The van der Waals surface area contributed by atoms with Crippen molar-refractivity contribution in [2.24, 2.45) is 11.8 Å². The number of nitrogens with zero attached hydrogens (tertiary/aromatic N) is 3. The van der Waals surface area contributed by atoms with Crippen LogP contribution in [0.4, 0.5) is 0 Å². The van der Waals surface area contributed by atoms with Crippen molar-refractivity contribution in [1.82, 2.24) is 25.0 Å². The van der Waals surface area contributed by atoms with Crippen LogP contribution in [0.25, 0.3) is 16.5 Å². The second kappa shape index (κ2) is 10.0. The van der Waals surface area contributed by atoms with Crippen molar-refractivity contribution in [1.29, 1.82) is 0 Å². The molecule has 3 amide bonds. The van der Waals surface area contributed by atoms with Gasteiger partial charge in [0.05, 0.1) is 5.92 Å². The topological polar surface area (TPSA) is 118 Å². The van der Waals surface area contributed by atoms with Gasteiger partial charge in [0.25, 0.3) is 11.8 Å². The molecule has 10 nitrogen and oxygen atoms in total. The largest absolute Gasteiger partial charge is 0.361 e. The Labute approximate surface area is 262 Å². The summed E-state index contributed by atoms with van der Waals surface area (Å²) < 4.78 is 6.49. The van der Waals surface area contributed by atoms with Gasteiger partial charge >= 0.3 is 0 Å². The van der Waals surface area contributed by atoms with Gasteiger partial charge in [0, 0.05) is 48.6 Å². The monoisotopic (exact) mass is 609 g/mol. The fraction of sp³-hybridized carbons (Fsp3) is 0.457. The summed E-state index contributed by atoms with van der Waals surface area (Å²) in [5.74, 6) is -4.27. The van der Waals surface area contributed by atoms with E-state index in [4.69, 9.17) is 4.74 Å². The zero-order valence-electron chi connectivity index (χ0n) is 25.8. The Morgan fingerprint density at radius 1 is 1.16 bits per heavy atom. The minimum atomic E-state index is -2.06. The lowest BCUT2D eigenvalue weighted by atomic mass is 9.79. The van der Waals surface area contributed by atoms with Gasteiger partial charge < -0.3 is 20.3 Å². The summed E-state index contributed by atoms with van der Waals surface area (Å²) in [5, 5.41) is 16.5. The van der Waals surface area contributed by atoms with E-state index in [0.29, 0.717) is 25.9 Å². The SMILES string of the molecule is CC(C)[C@@]1(NC(=O)[C@@H]2C=C3c4cccc5[nH]cc(c45)C[C@@H]3N(C)C2)O[C@@]2(O)[C@H]3CCCN3C(=O)[C@H](Cc3ccccc3)N2C1=O. The Balaban J connectivity index is 1.15. The Morgan fingerprint density at radius 2 is 1.96 bits per heavy atom. The average molecular weight is 610 g/mol. The molecule has 45 heavy (non-hydrogen) atoms. The first kappa shape index (κ1) is 28.5. The van der Waals surface area contributed by atoms with Crippen LogP contribution < -0.4 is 5.32 Å². The number of aromatic amines is 1. The molecule has 2 aromatic carbocycles. The van der Waals surface area contributed by atoms with E-state index in [9.17, 15) is 19.5 Å². The van der Waals surface area contributed by atoms with Crippen LogP contribution in [0.3, 0.4) is 0 Å². The summed E-state index contributed by atoms with van der Waals surface area (Å²) in [4.78, 5) is 51.2. The van der Waals surface area contributed by atoms with E-state index >= 15 is 0 Å². The number of likely N-dealkylation sites (N-methyl/N-ethyl adjacent to an activating group) is 1. The Morgan fingerprint density at radius 3 is 2.73 bits per heavy atom. The Bertz CT molecular complexity index is 1750. The first-order valence-corrected chi connectivity index (χ1v) is 16.1. The number of amides is 3. The van der Waals surface area contributed by atoms with Gasteiger partial charge in [-0.1, -0.05) is 62.4 Å². The molecular weight excluding hydrogens is 570 g/mol. The summed E-state index contributed by atoms with van der Waals surface area (Å²) >= 11 is 0. The van der Waals surface area contributed by atoms with Crippen LogP contribution in [0.2, 0.25) is 0 Å². The molecule has 0 unspecified atom stereocenters. The second-order valence-electron chi connectivity index (χ2n) is 13.6. The van der Waals surface area contributed by atoms with Crippen molar-refractivity contribution in [3.8, 4) is 0 Å². The van der Waals surface area contributed by atoms with E-state index in [2.05, 4.69) is 33.5 Å². The number of aliphatic hydroxyl groups is 1. The highest BCUT2D eigenvalue weighted by atomic mass is 16.7. The molecule has 4 aliphatic heterocycles. The smallest absolute Gasteiger partial charge is 0.281 e. The summed E-state index contributed by atoms with van der Waals surface area (Å²) in [5.41, 5.74) is 3.59. The highest BCUT2D eigenvalue weighted by molar-refractivity contribution is 6.01. The average Bonchev–Trinajstić information content (AvgIpc) is 3.74. The van der Waals surface area contributed by atoms with Gasteiger partial charge in [-0.15, -0.1) is 0 Å². The number of H-pyrrole nitrogens is 1. The van der Waals surface area contributed by atoms with Crippen LogP contribution in [-0.2, 0) is 32.0 Å². The molecule has 5 aliphatic rings. The molecule has 3 N–H and O–H groups in total. The molecule has 3 saturated heterocycles. The van der Waals surface area contributed by atoms with Crippen LogP contribution in [-0.4, -0.2) is 92.4 Å². The number of carbonyl (C=O) groups is 3. The molecule has 234 valence electrons. The van der Waals surface area contributed by atoms with Crippen LogP contribution in [0, 0.1) is 11.8 Å². The number of carbonyl (C=O) groups excluding carboxylic acids is 3. The Hall–Kier alpha value is -3.99. The molecule has 0 saturated carbocycles. The predicted octanol–water partition coefficient (Wildman–Crippen LogP) is 2.63. The van der Waals surface area contributed by atoms with Gasteiger partial charge in [-0.25, -0.2) is 0 Å². The third-order valence-corrected chi connectivity index (χ3v) is 10.8. The summed E-state index contributed by atoms with van der Waals surface area (Å²) in [7, 11) is 2.03. The number of rotatable bonds is 5. The zero-order valence-corrected chi connectivity index (χ0v) is 25.8. The molecule has 1 aliphatic carbocycles. The van der Waals surface area contributed by atoms with Crippen LogP contribution in [0.5, 0.6) is 0 Å². The highest BCUT2D eigenvalue weighted by Gasteiger charge is 2.72. The van der Waals surface area contributed by atoms with E-state index in [1.807, 2.05) is 49.5 Å². The van der Waals surface area contributed by atoms with E-state index in [-0.39, 0.29) is 24.3 Å². The summed E-state index contributed by atoms with van der Waals surface area (Å²) in [6.07, 6.45) is 6.40. The van der Waals surface area contributed by atoms with Crippen molar-refractivity contribution in [3.63, 3.8) is 0 Å². The lowest BCUT2D eigenvalue weighted by molar-refractivity contribution is -0.321. The number of hydrogen-bond acceptors (Lipinski definition) is 6. The molecule has 0 radical (unpaired) electrons. The molecule has 3 fully saturated rings. The molecule has 3 aromatic rings. The van der Waals surface area contributed by atoms with Crippen molar-refractivity contribution in [2.45, 2.75) is 69.3 Å². The lowest BCUT2D eigenvalue weighted by Crippen LogP contribution is -2.71. The molecular formula is C35H39N5O5. The van der Waals surface area contributed by atoms with E-state index in [1.54, 1.807) is 18.7 Å². The van der Waals surface area contributed by atoms with Crippen molar-refractivity contribution >= 4 is 34.2 Å². The zero-order chi connectivity index (χ0) is 31.2. The normalized spacial score (nSPS) is 32.5. The van der Waals surface area contributed by atoms with Crippen molar-refractivity contribution in [2.75, 3.05) is 20.1 Å². The number of fused-ring (bicyclic) bond motifs is 5. The van der Waals surface area contributed by atoms with Crippen molar-refractivity contribution in [3.05, 3.63) is 77.5 Å². The summed E-state index contributed by atoms with van der Waals surface area (Å²) in [6.45, 7) is 4.56. The number of ether oxygens (including phenoxy) is 1. The van der Waals surface area contributed by atoms with E-state index in [0.717, 1.165) is 28.6 Å². The molecule has 1 aromatic heterocycles. The van der Waals surface area contributed by atoms with Gasteiger partial charge in [-0.05, 0) is 54.6 Å². The number of benzene rings is 2. The lowest BCUT2D eigenvalue weighted by Gasteiger charge is -2.48. The highest BCUT2D eigenvalue weighted by Crippen LogP contribution is 2.48. The first-order valence-electron chi connectivity index (χ1n) is 16.1. The van der Waals surface area contributed by atoms with E-state index < -0.39 is 41.5 Å². The van der Waals surface area contributed by atoms with Crippen LogP contribution in [0.15, 0.2) is 60.8 Å². The third-order valence-electron chi connectivity index (χ3n) is 10.8. The number of nitrogens with one attached hydrogen (secondary N) is 2. The molecule has 8 rings (SSSR count). The third kappa shape index (κ3) is 4.01. The quantitative estimate of drug-likeness (QED) is 0.410. The van der Waals surface area contributed by atoms with Gasteiger partial charge in [0.1, 0.15) is 12.1 Å².